The molecule has 0 aromatic heterocycles. The van der Waals surface area contributed by atoms with Gasteiger partial charge < -0.3 is 15.4 Å². The number of carbonyl (C=O) groups is 2. The summed E-state index contributed by atoms with van der Waals surface area (Å²) in [6, 6.07) is 14.5. The number of rotatable bonds is 6. The first-order valence-corrected chi connectivity index (χ1v) is 9.84. The van der Waals surface area contributed by atoms with Gasteiger partial charge in [0.25, 0.3) is 5.91 Å². The van der Waals surface area contributed by atoms with E-state index in [4.69, 9.17) is 4.74 Å². The number of benzene rings is 2. The molecular formula is C23H28N2O3. The van der Waals surface area contributed by atoms with Gasteiger partial charge in [-0.1, -0.05) is 50.2 Å². The number of fused-ring (bicyclic) bond motifs is 1. The van der Waals surface area contributed by atoms with Gasteiger partial charge in [0.15, 0.2) is 0 Å². The number of ether oxygens (including phenoxy) is 1. The summed E-state index contributed by atoms with van der Waals surface area (Å²) in [5.74, 6) is 0.710. The number of carbonyl (C=O) groups excluding carboxylic acids is 2. The second-order valence-corrected chi connectivity index (χ2v) is 7.71. The lowest BCUT2D eigenvalue weighted by molar-refractivity contribution is -0.124. The Labute approximate surface area is 166 Å². The fourth-order valence-electron chi connectivity index (χ4n) is 3.53. The lowest BCUT2D eigenvalue weighted by atomic mass is 9.98. The Morgan fingerprint density at radius 2 is 1.82 bits per heavy atom. The van der Waals surface area contributed by atoms with Gasteiger partial charge in [0, 0.05) is 17.5 Å². The molecule has 0 radical (unpaired) electrons. The number of aryl methyl sites for hydroxylation is 1. The molecule has 2 aromatic rings. The second-order valence-electron chi connectivity index (χ2n) is 7.71. The Kier molecular flexibility index (Phi) is 6.34. The first-order valence-electron chi connectivity index (χ1n) is 9.84. The van der Waals surface area contributed by atoms with Crippen LogP contribution in [0, 0.1) is 12.8 Å². The highest BCUT2D eigenvalue weighted by atomic mass is 16.5. The van der Waals surface area contributed by atoms with Gasteiger partial charge in [0.2, 0.25) is 5.91 Å². The van der Waals surface area contributed by atoms with Crippen LogP contribution in [-0.2, 0) is 4.79 Å². The van der Waals surface area contributed by atoms with E-state index in [0.717, 1.165) is 16.9 Å². The van der Waals surface area contributed by atoms with E-state index in [-0.39, 0.29) is 23.8 Å². The van der Waals surface area contributed by atoms with Crippen LogP contribution in [0.25, 0.3) is 0 Å². The Morgan fingerprint density at radius 3 is 2.57 bits per heavy atom. The minimum Gasteiger partial charge on any atom is -0.493 e. The van der Waals surface area contributed by atoms with E-state index in [0.29, 0.717) is 25.0 Å². The predicted molar refractivity (Wildman–Crippen MR) is 109 cm³/mol. The van der Waals surface area contributed by atoms with E-state index in [1.165, 1.54) is 0 Å². The van der Waals surface area contributed by atoms with Crippen LogP contribution in [0.3, 0.4) is 0 Å². The third-order valence-corrected chi connectivity index (χ3v) is 4.99. The molecule has 0 unspecified atom stereocenters. The normalized spacial score (nSPS) is 16.6. The summed E-state index contributed by atoms with van der Waals surface area (Å²) in [6.07, 6.45) is 1.29. The molecule has 3 rings (SSSR count). The van der Waals surface area contributed by atoms with E-state index >= 15 is 0 Å². The highest BCUT2D eigenvalue weighted by Gasteiger charge is 2.28. The molecule has 0 bridgehead atoms. The summed E-state index contributed by atoms with van der Waals surface area (Å²) in [6.45, 7) is 6.55. The van der Waals surface area contributed by atoms with Crippen LogP contribution >= 0.6 is 0 Å². The average molecular weight is 380 g/mol. The summed E-state index contributed by atoms with van der Waals surface area (Å²) < 4.78 is 5.67. The highest BCUT2D eigenvalue weighted by molar-refractivity contribution is 5.98. The number of hydrogen-bond acceptors (Lipinski definition) is 3. The van der Waals surface area contributed by atoms with Crippen molar-refractivity contribution in [1.82, 2.24) is 10.6 Å². The van der Waals surface area contributed by atoms with E-state index in [9.17, 15) is 9.59 Å². The standard InChI is InChI=1S/C23H28N2O3/c1-15(2)14-20(25-22(26)17-9-5-4-8-16(17)3)23(27)24-19-12-13-28-21-11-7-6-10-18(19)21/h4-11,15,19-20H,12-14H2,1-3H3,(H,24,27)(H,25,26)/t19-,20-/m0/s1. The molecule has 0 saturated carbocycles. The quantitative estimate of drug-likeness (QED) is 0.801. The van der Waals surface area contributed by atoms with Crippen LogP contribution in [0.5, 0.6) is 5.75 Å². The lowest BCUT2D eigenvalue weighted by Gasteiger charge is -2.29. The Balaban J connectivity index is 1.74. The largest absolute Gasteiger partial charge is 0.493 e. The van der Waals surface area contributed by atoms with E-state index in [2.05, 4.69) is 10.6 Å². The smallest absolute Gasteiger partial charge is 0.252 e. The maximum atomic E-state index is 13.0. The number of nitrogens with one attached hydrogen (secondary N) is 2. The van der Waals surface area contributed by atoms with Crippen LogP contribution in [0.4, 0.5) is 0 Å². The molecular weight excluding hydrogens is 352 g/mol. The molecule has 0 spiro atoms. The lowest BCUT2D eigenvalue weighted by Crippen LogP contribution is -2.48. The third-order valence-electron chi connectivity index (χ3n) is 4.99. The number of para-hydroxylation sites is 1. The van der Waals surface area contributed by atoms with Gasteiger partial charge in [-0.25, -0.2) is 0 Å². The molecule has 0 aliphatic carbocycles. The Hall–Kier alpha value is -2.82. The van der Waals surface area contributed by atoms with Crippen molar-refractivity contribution < 1.29 is 14.3 Å². The monoisotopic (exact) mass is 380 g/mol. The summed E-state index contributed by atoms with van der Waals surface area (Å²) in [5, 5.41) is 6.05. The second kappa shape index (κ2) is 8.91. The molecule has 148 valence electrons. The zero-order chi connectivity index (χ0) is 20.1. The van der Waals surface area contributed by atoms with Gasteiger partial charge in [0.05, 0.1) is 12.6 Å². The van der Waals surface area contributed by atoms with Crippen molar-refractivity contribution in [3.63, 3.8) is 0 Å². The average Bonchev–Trinajstić information content (AvgIpc) is 2.67. The first kappa shape index (κ1) is 19.9. The molecule has 1 aliphatic rings. The fourth-order valence-corrected chi connectivity index (χ4v) is 3.53. The van der Waals surface area contributed by atoms with Gasteiger partial charge in [0.1, 0.15) is 11.8 Å². The van der Waals surface area contributed by atoms with Crippen LogP contribution in [0.2, 0.25) is 0 Å². The van der Waals surface area contributed by atoms with E-state index in [1.807, 2.05) is 63.2 Å². The molecule has 2 aromatic carbocycles. The maximum absolute atomic E-state index is 13.0. The third kappa shape index (κ3) is 4.71. The molecule has 1 aliphatic heterocycles. The zero-order valence-electron chi connectivity index (χ0n) is 16.7. The van der Waals surface area contributed by atoms with Crippen molar-refractivity contribution in [1.29, 1.82) is 0 Å². The fraction of sp³-hybridized carbons (Fsp3) is 0.391. The Bertz CT molecular complexity index is 847. The highest BCUT2D eigenvalue weighted by Crippen LogP contribution is 2.31. The molecule has 28 heavy (non-hydrogen) atoms. The van der Waals surface area contributed by atoms with Gasteiger partial charge in [-0.3, -0.25) is 9.59 Å². The van der Waals surface area contributed by atoms with E-state index < -0.39 is 6.04 Å². The molecule has 5 heteroatoms. The molecule has 2 amide bonds. The van der Waals surface area contributed by atoms with Crippen molar-refractivity contribution >= 4 is 11.8 Å². The van der Waals surface area contributed by atoms with Crippen LogP contribution in [-0.4, -0.2) is 24.5 Å². The van der Waals surface area contributed by atoms with Crippen molar-refractivity contribution in [2.24, 2.45) is 5.92 Å². The minimum absolute atomic E-state index is 0.109. The number of amides is 2. The predicted octanol–water partition coefficient (Wildman–Crippen LogP) is 3.78. The minimum atomic E-state index is -0.581. The SMILES string of the molecule is Cc1ccccc1C(=O)N[C@@H](CC(C)C)C(=O)N[C@H]1CCOc2ccccc21. The van der Waals surface area contributed by atoms with Gasteiger partial charge in [-0.2, -0.15) is 0 Å². The molecule has 2 N–H and O–H groups in total. The topological polar surface area (TPSA) is 67.4 Å². The first-order chi connectivity index (χ1) is 13.5. The maximum Gasteiger partial charge on any atom is 0.252 e. The van der Waals surface area contributed by atoms with Gasteiger partial charge in [-0.15, -0.1) is 0 Å². The van der Waals surface area contributed by atoms with Crippen LogP contribution in [0.1, 0.15) is 54.2 Å². The Morgan fingerprint density at radius 1 is 1.11 bits per heavy atom. The van der Waals surface area contributed by atoms with Gasteiger partial charge >= 0.3 is 0 Å². The van der Waals surface area contributed by atoms with Gasteiger partial charge in [-0.05, 0) is 37.0 Å². The van der Waals surface area contributed by atoms with Crippen LogP contribution < -0.4 is 15.4 Å². The number of hydrogen-bond donors (Lipinski definition) is 2. The summed E-state index contributed by atoms with van der Waals surface area (Å²) >= 11 is 0. The zero-order valence-corrected chi connectivity index (χ0v) is 16.7. The molecule has 0 saturated heterocycles. The van der Waals surface area contributed by atoms with E-state index in [1.54, 1.807) is 6.07 Å². The van der Waals surface area contributed by atoms with Crippen molar-refractivity contribution in [2.45, 2.75) is 45.7 Å². The summed E-state index contributed by atoms with van der Waals surface area (Å²) in [4.78, 5) is 25.8. The molecule has 5 nitrogen and oxygen atoms in total. The molecule has 2 atom stereocenters. The van der Waals surface area contributed by atoms with Crippen LogP contribution in [0.15, 0.2) is 48.5 Å². The summed E-state index contributed by atoms with van der Waals surface area (Å²) in [5.41, 5.74) is 2.47. The molecule has 1 heterocycles. The molecule has 0 fully saturated rings. The summed E-state index contributed by atoms with van der Waals surface area (Å²) in [7, 11) is 0. The van der Waals surface area contributed by atoms with Crippen molar-refractivity contribution in [3.05, 3.63) is 65.2 Å². The van der Waals surface area contributed by atoms with Crippen molar-refractivity contribution in [2.75, 3.05) is 6.61 Å². The van der Waals surface area contributed by atoms with Crippen molar-refractivity contribution in [3.8, 4) is 5.75 Å².